The number of allylic oxidation sites excluding steroid dienone is 3. The summed E-state index contributed by atoms with van der Waals surface area (Å²) in [4.78, 5) is 32.7. The molecule has 2 aromatic heterocycles. The molecule has 0 saturated carbocycles. The number of halogens is 1. The van der Waals surface area contributed by atoms with Gasteiger partial charge in [0.1, 0.15) is 5.76 Å². The Morgan fingerprint density at radius 1 is 1.13 bits per heavy atom. The summed E-state index contributed by atoms with van der Waals surface area (Å²) in [5.41, 5.74) is 3.80. The topological polar surface area (TPSA) is 90.3 Å². The van der Waals surface area contributed by atoms with Crippen LogP contribution in [0, 0.1) is 0 Å². The van der Waals surface area contributed by atoms with E-state index in [0.29, 0.717) is 42.6 Å². The van der Waals surface area contributed by atoms with Crippen molar-refractivity contribution in [2.24, 2.45) is 0 Å². The van der Waals surface area contributed by atoms with Crippen molar-refractivity contribution < 1.29 is 14.3 Å². The van der Waals surface area contributed by atoms with Crippen LogP contribution in [0.1, 0.15) is 38.8 Å². The third-order valence-corrected chi connectivity index (χ3v) is 5.92. The summed E-state index contributed by atoms with van der Waals surface area (Å²) in [6.45, 7) is 10.4. The monoisotopic (exact) mass is 533 g/mol. The lowest BCUT2D eigenvalue weighted by atomic mass is 9.99. The zero-order valence-corrected chi connectivity index (χ0v) is 22.9. The molecule has 1 aromatic carbocycles. The Hall–Kier alpha value is -4.04. The highest BCUT2D eigenvalue weighted by atomic mass is 35.5. The fraction of sp³-hybridized carbons (Fsp3) is 0.276. The Morgan fingerprint density at radius 3 is 2.53 bits per heavy atom. The molecular formula is C29H32ClN5O3. The van der Waals surface area contributed by atoms with E-state index in [4.69, 9.17) is 21.1 Å². The average molecular weight is 534 g/mol. The van der Waals surface area contributed by atoms with Gasteiger partial charge in [-0.15, -0.1) is 0 Å². The smallest absolute Gasteiger partial charge is 0.236 e. The zero-order valence-electron chi connectivity index (χ0n) is 22.1. The van der Waals surface area contributed by atoms with Crippen LogP contribution in [0.2, 0.25) is 5.28 Å². The first-order chi connectivity index (χ1) is 18.4. The summed E-state index contributed by atoms with van der Waals surface area (Å²) in [6, 6.07) is 9.35. The molecule has 3 aromatic rings. The van der Waals surface area contributed by atoms with Crippen molar-refractivity contribution in [3.8, 4) is 17.1 Å². The van der Waals surface area contributed by atoms with Crippen LogP contribution in [0.15, 0.2) is 85.1 Å². The third kappa shape index (κ3) is 7.49. The first-order valence-corrected chi connectivity index (χ1v) is 12.7. The minimum Gasteiger partial charge on any atom is -0.497 e. The minimum absolute atomic E-state index is 0.0967. The van der Waals surface area contributed by atoms with Gasteiger partial charge in [0.25, 0.3) is 0 Å². The lowest BCUT2D eigenvalue weighted by molar-refractivity contribution is -0.120. The molecule has 9 heteroatoms. The number of carbonyl (C=O) groups is 1. The van der Waals surface area contributed by atoms with Gasteiger partial charge in [-0.3, -0.25) is 9.78 Å². The molecule has 0 fully saturated rings. The average Bonchev–Trinajstić information content (AvgIpc) is 2.93. The number of rotatable bonds is 12. The molecule has 0 spiro atoms. The van der Waals surface area contributed by atoms with Gasteiger partial charge >= 0.3 is 0 Å². The van der Waals surface area contributed by atoms with Gasteiger partial charge in [0.15, 0.2) is 0 Å². The van der Waals surface area contributed by atoms with Crippen molar-refractivity contribution in [2.45, 2.75) is 33.1 Å². The molecule has 1 atom stereocenters. The van der Waals surface area contributed by atoms with Gasteiger partial charge in [-0.1, -0.05) is 37.3 Å². The van der Waals surface area contributed by atoms with Crippen LogP contribution in [0.4, 0.5) is 5.69 Å². The molecule has 0 N–H and O–H groups in total. The molecule has 0 bridgehead atoms. The van der Waals surface area contributed by atoms with Gasteiger partial charge in [0.2, 0.25) is 17.1 Å². The summed E-state index contributed by atoms with van der Waals surface area (Å²) < 4.78 is 10.7. The second-order valence-electron chi connectivity index (χ2n) is 8.35. The molecule has 1 unspecified atom stereocenters. The highest BCUT2D eigenvalue weighted by Gasteiger charge is 2.27. The summed E-state index contributed by atoms with van der Waals surface area (Å²) in [5.74, 6) is 0.503. The van der Waals surface area contributed by atoms with Crippen LogP contribution in [-0.4, -0.2) is 46.1 Å². The molecule has 198 valence electrons. The van der Waals surface area contributed by atoms with Crippen LogP contribution in [0.3, 0.4) is 0 Å². The maximum absolute atomic E-state index is 13.9. The molecule has 38 heavy (non-hydrogen) atoms. The van der Waals surface area contributed by atoms with E-state index in [-0.39, 0.29) is 11.2 Å². The van der Waals surface area contributed by atoms with Crippen LogP contribution >= 0.6 is 11.6 Å². The number of hydrogen-bond donors (Lipinski definition) is 0. The molecule has 2 heterocycles. The van der Waals surface area contributed by atoms with E-state index in [2.05, 4.69) is 26.5 Å². The maximum atomic E-state index is 13.9. The minimum atomic E-state index is -0.491. The van der Waals surface area contributed by atoms with Crippen LogP contribution in [0.5, 0.6) is 5.88 Å². The summed E-state index contributed by atoms with van der Waals surface area (Å²) in [7, 11) is 1.58. The normalized spacial score (nSPS) is 12.6. The van der Waals surface area contributed by atoms with E-state index in [1.165, 1.54) is 0 Å². The Bertz CT molecular complexity index is 1310. The van der Waals surface area contributed by atoms with Crippen molar-refractivity contribution in [3.05, 3.63) is 96.0 Å². The number of aromatic nitrogens is 4. The molecule has 0 saturated heterocycles. The molecule has 0 aliphatic heterocycles. The van der Waals surface area contributed by atoms with Gasteiger partial charge in [0.05, 0.1) is 43.4 Å². The number of benzene rings is 1. The van der Waals surface area contributed by atoms with Crippen molar-refractivity contribution in [1.29, 1.82) is 0 Å². The molecule has 3 rings (SSSR count). The summed E-state index contributed by atoms with van der Waals surface area (Å²) >= 11 is 6.03. The highest BCUT2D eigenvalue weighted by Crippen LogP contribution is 2.28. The van der Waals surface area contributed by atoms with Crippen molar-refractivity contribution in [3.63, 3.8) is 0 Å². The SMILES string of the molecule is C=C/C(=C\C=C(/C)CN(C(=O)C(CC)c1ccnc(Cl)n1)c1ccc(-c2cncc(OCC)n2)cc1)OC. The second-order valence-corrected chi connectivity index (χ2v) is 8.69. The number of carbonyl (C=O) groups excluding carboxylic acids is 1. The molecular weight excluding hydrogens is 502 g/mol. The van der Waals surface area contributed by atoms with Crippen molar-refractivity contribution in [1.82, 2.24) is 19.9 Å². The fourth-order valence-electron chi connectivity index (χ4n) is 3.80. The zero-order chi connectivity index (χ0) is 27.5. The van der Waals surface area contributed by atoms with E-state index < -0.39 is 5.92 Å². The second kappa shape index (κ2) is 14.0. The lowest BCUT2D eigenvalue weighted by Gasteiger charge is -2.27. The van der Waals surface area contributed by atoms with E-state index in [1.807, 2.05) is 57.2 Å². The number of amides is 1. The molecule has 0 radical (unpaired) electrons. The molecule has 0 aliphatic carbocycles. The lowest BCUT2D eigenvalue weighted by Crippen LogP contribution is -2.36. The predicted octanol–water partition coefficient (Wildman–Crippen LogP) is 6.18. The van der Waals surface area contributed by atoms with Gasteiger partial charge in [-0.05, 0) is 62.2 Å². The Balaban J connectivity index is 1.98. The number of anilines is 1. The van der Waals surface area contributed by atoms with Gasteiger partial charge in [-0.2, -0.15) is 0 Å². The highest BCUT2D eigenvalue weighted by molar-refractivity contribution is 6.28. The van der Waals surface area contributed by atoms with Crippen LogP contribution < -0.4 is 9.64 Å². The van der Waals surface area contributed by atoms with Crippen molar-refractivity contribution >= 4 is 23.2 Å². The first kappa shape index (κ1) is 28.5. The Labute approximate surface area is 228 Å². The van der Waals surface area contributed by atoms with Gasteiger partial charge in [-0.25, -0.2) is 15.0 Å². The van der Waals surface area contributed by atoms with E-state index in [1.54, 1.807) is 42.7 Å². The third-order valence-electron chi connectivity index (χ3n) is 5.73. The predicted molar refractivity (Wildman–Crippen MR) is 150 cm³/mol. The standard InChI is InChI=1S/C29H32ClN5O3/c1-6-23(37-5)14-9-20(4)19-35(28(36)24(7-2)25-15-16-32-29(30)34-25)22-12-10-21(11-13-22)26-17-31-18-27(33-26)38-8-3/h6,9-18,24H,1,7-8,19H2,2-5H3/b20-9+,23-14+. The Morgan fingerprint density at radius 2 is 1.89 bits per heavy atom. The van der Waals surface area contributed by atoms with Crippen LogP contribution in [0.25, 0.3) is 11.3 Å². The number of hydrogen-bond acceptors (Lipinski definition) is 7. The fourth-order valence-corrected chi connectivity index (χ4v) is 3.95. The molecule has 0 aliphatic rings. The van der Waals surface area contributed by atoms with Gasteiger partial charge in [0, 0.05) is 24.0 Å². The maximum Gasteiger partial charge on any atom is 0.236 e. The quantitative estimate of drug-likeness (QED) is 0.156. The van der Waals surface area contributed by atoms with E-state index in [0.717, 1.165) is 16.8 Å². The number of nitrogens with zero attached hydrogens (tertiary/aromatic N) is 5. The van der Waals surface area contributed by atoms with E-state index >= 15 is 0 Å². The van der Waals surface area contributed by atoms with Crippen LogP contribution in [-0.2, 0) is 9.53 Å². The van der Waals surface area contributed by atoms with Crippen molar-refractivity contribution in [2.75, 3.05) is 25.2 Å². The number of methoxy groups -OCH3 is 1. The molecule has 8 nitrogen and oxygen atoms in total. The van der Waals surface area contributed by atoms with Gasteiger partial charge < -0.3 is 14.4 Å². The van der Waals surface area contributed by atoms with E-state index in [9.17, 15) is 4.79 Å². The number of ether oxygens (including phenoxy) is 2. The first-order valence-electron chi connectivity index (χ1n) is 12.3. The summed E-state index contributed by atoms with van der Waals surface area (Å²) in [5, 5.41) is 0.109. The summed E-state index contributed by atoms with van der Waals surface area (Å²) in [6.07, 6.45) is 10.7. The molecule has 1 amide bonds. The Kier molecular flexibility index (Phi) is 10.5. The largest absolute Gasteiger partial charge is 0.497 e.